The topological polar surface area (TPSA) is 114 Å². The Morgan fingerprint density at radius 3 is 2.14 bits per heavy atom. The van der Waals surface area contributed by atoms with Gasteiger partial charge in [-0.05, 0) is 29.9 Å². The molecule has 4 unspecified atom stereocenters. The normalized spacial score (nSPS) is 32.1. The van der Waals surface area contributed by atoms with E-state index in [2.05, 4.69) is 32.1 Å². The molecule has 0 radical (unpaired) electrons. The van der Waals surface area contributed by atoms with E-state index in [-0.39, 0.29) is 5.90 Å². The quantitative estimate of drug-likeness (QED) is 0.763. The molecule has 1 N–H and O–H groups in total. The Bertz CT molecular complexity index is 920. The Morgan fingerprint density at radius 1 is 1.07 bits per heavy atom. The molecule has 2 fully saturated rings. The van der Waals surface area contributed by atoms with E-state index in [1.54, 1.807) is 0 Å². The molecule has 0 saturated carbocycles. The first-order valence-electron chi connectivity index (χ1n) is 10.1. The Labute approximate surface area is 172 Å². The van der Waals surface area contributed by atoms with Crippen molar-refractivity contribution in [2.75, 3.05) is 0 Å². The van der Waals surface area contributed by atoms with Crippen LogP contribution in [-0.2, 0) is 9.47 Å². The van der Waals surface area contributed by atoms with Crippen LogP contribution in [0.1, 0.15) is 70.1 Å². The summed E-state index contributed by atoms with van der Waals surface area (Å²) in [4.78, 5) is 0. The zero-order chi connectivity index (χ0) is 21.4. The Hall–Kier alpha value is -2.88. The summed E-state index contributed by atoms with van der Waals surface area (Å²) in [6.45, 7) is 8.03. The molecule has 2 saturated heterocycles. The van der Waals surface area contributed by atoms with Crippen LogP contribution in [0.2, 0.25) is 0 Å². The minimum absolute atomic E-state index is 0.329. The lowest BCUT2D eigenvalue weighted by Gasteiger charge is -2.49. The Kier molecular flexibility index (Phi) is 5.16. The predicted molar refractivity (Wildman–Crippen MR) is 106 cm³/mol. The largest absolute Gasteiger partial charge is 0.447 e. The maximum atomic E-state index is 10.3. The van der Waals surface area contributed by atoms with Crippen LogP contribution < -0.4 is 0 Å². The average molecular weight is 390 g/mol. The Balaban J connectivity index is 2.27. The van der Waals surface area contributed by atoms with Crippen molar-refractivity contribution < 1.29 is 9.47 Å². The molecule has 6 nitrogen and oxygen atoms in total. The van der Waals surface area contributed by atoms with Gasteiger partial charge in [-0.3, -0.25) is 5.41 Å². The monoisotopic (exact) mass is 390 g/mol. The third-order valence-electron chi connectivity index (χ3n) is 6.46. The van der Waals surface area contributed by atoms with Gasteiger partial charge in [-0.15, -0.1) is 0 Å². The van der Waals surface area contributed by atoms with Crippen molar-refractivity contribution in [1.29, 1.82) is 21.2 Å². The molecule has 2 heterocycles. The average Bonchev–Trinajstić information content (AvgIpc) is 2.91. The number of benzene rings is 1. The van der Waals surface area contributed by atoms with Gasteiger partial charge in [0.25, 0.3) is 0 Å². The van der Waals surface area contributed by atoms with E-state index >= 15 is 0 Å². The summed E-state index contributed by atoms with van der Waals surface area (Å²) in [6, 6.07) is 14.0. The van der Waals surface area contributed by atoms with Crippen LogP contribution in [-0.4, -0.2) is 11.7 Å². The van der Waals surface area contributed by atoms with Gasteiger partial charge in [-0.1, -0.05) is 52.0 Å². The second kappa shape index (κ2) is 7.18. The van der Waals surface area contributed by atoms with Gasteiger partial charge in [-0.2, -0.15) is 15.8 Å². The van der Waals surface area contributed by atoms with Crippen LogP contribution in [0.15, 0.2) is 24.3 Å². The molecule has 0 aliphatic carbocycles. The van der Waals surface area contributed by atoms with Crippen molar-refractivity contribution in [3.05, 3.63) is 35.4 Å². The molecule has 150 valence electrons. The first-order chi connectivity index (χ1) is 13.8. The van der Waals surface area contributed by atoms with Crippen molar-refractivity contribution >= 4 is 5.90 Å². The van der Waals surface area contributed by atoms with Gasteiger partial charge in [0.15, 0.2) is 5.41 Å². The van der Waals surface area contributed by atoms with Gasteiger partial charge in [-0.25, -0.2) is 0 Å². The zero-order valence-electron chi connectivity index (χ0n) is 17.3. The van der Waals surface area contributed by atoms with E-state index in [0.717, 1.165) is 12.0 Å². The zero-order valence-corrected chi connectivity index (χ0v) is 17.3. The maximum absolute atomic E-state index is 10.3. The molecular formula is C23H26N4O2. The summed E-state index contributed by atoms with van der Waals surface area (Å²) in [5.41, 5.74) is -1.79. The fraction of sp³-hybridized carbons (Fsp3) is 0.565. The molecule has 2 aliphatic heterocycles. The summed E-state index contributed by atoms with van der Waals surface area (Å²) in [7, 11) is 0. The van der Waals surface area contributed by atoms with Gasteiger partial charge in [0.2, 0.25) is 17.1 Å². The van der Waals surface area contributed by atoms with Crippen LogP contribution in [0.3, 0.4) is 0 Å². The highest BCUT2D eigenvalue weighted by molar-refractivity contribution is 5.89. The van der Waals surface area contributed by atoms with E-state index in [1.165, 1.54) is 0 Å². The van der Waals surface area contributed by atoms with E-state index in [0.29, 0.717) is 24.3 Å². The van der Waals surface area contributed by atoms with E-state index < -0.39 is 28.6 Å². The van der Waals surface area contributed by atoms with Crippen molar-refractivity contribution in [2.24, 2.45) is 16.7 Å². The number of nitrogens with zero attached hydrogens (tertiary/aromatic N) is 3. The molecule has 6 heteroatoms. The second-order valence-electron chi connectivity index (χ2n) is 8.22. The van der Waals surface area contributed by atoms with Crippen molar-refractivity contribution in [3.63, 3.8) is 0 Å². The van der Waals surface area contributed by atoms with Crippen molar-refractivity contribution in [1.82, 2.24) is 0 Å². The number of hydrogen-bond donors (Lipinski definition) is 1. The summed E-state index contributed by atoms with van der Waals surface area (Å²) < 4.78 is 12.4. The molecule has 29 heavy (non-hydrogen) atoms. The minimum atomic E-state index is -1.88. The maximum Gasteiger partial charge on any atom is 0.217 e. The lowest BCUT2D eigenvalue weighted by molar-refractivity contribution is -0.286. The summed E-state index contributed by atoms with van der Waals surface area (Å²) in [5.74, 6) is -1.75. The van der Waals surface area contributed by atoms with Crippen LogP contribution in [0.25, 0.3) is 0 Å². The molecular weight excluding hydrogens is 364 g/mol. The second-order valence-corrected chi connectivity index (χ2v) is 8.22. The lowest BCUT2D eigenvalue weighted by atomic mass is 9.52. The van der Waals surface area contributed by atoms with E-state index in [9.17, 15) is 15.8 Å². The number of fused-ring (bicyclic) bond motifs is 2. The van der Waals surface area contributed by atoms with Gasteiger partial charge < -0.3 is 9.47 Å². The molecule has 1 aromatic carbocycles. The highest BCUT2D eigenvalue weighted by Gasteiger charge is 2.79. The van der Waals surface area contributed by atoms with Crippen LogP contribution in [0, 0.1) is 56.2 Å². The van der Waals surface area contributed by atoms with Gasteiger partial charge in [0.1, 0.15) is 6.10 Å². The summed E-state index contributed by atoms with van der Waals surface area (Å²) in [5, 5.41) is 39.3. The molecule has 2 aliphatic rings. The van der Waals surface area contributed by atoms with Crippen LogP contribution >= 0.6 is 0 Å². The first-order valence-corrected chi connectivity index (χ1v) is 10.1. The fourth-order valence-electron chi connectivity index (χ4n) is 5.03. The van der Waals surface area contributed by atoms with Crippen LogP contribution in [0.5, 0.6) is 0 Å². The van der Waals surface area contributed by atoms with Crippen LogP contribution in [0.4, 0.5) is 0 Å². The number of nitrogens with one attached hydrogen (secondary N) is 1. The predicted octanol–water partition coefficient (Wildman–Crippen LogP) is 4.95. The third-order valence-corrected chi connectivity index (χ3v) is 6.46. The molecule has 2 bridgehead atoms. The number of nitriles is 3. The van der Waals surface area contributed by atoms with Gasteiger partial charge in [0, 0.05) is 6.42 Å². The summed E-state index contributed by atoms with van der Waals surface area (Å²) in [6.07, 6.45) is 0.664. The standard InChI is InChI=1S/C23H26N4O2/c1-5-11-23-18(6-2)22(14-26,20(27)29-23)21(12-24,13-25)19(28-23)17-9-7-16(8-10-17)15(3)4/h7-10,15,18-19,27H,5-6,11H2,1-4H3. The highest BCUT2D eigenvalue weighted by Crippen LogP contribution is 2.68. The smallest absolute Gasteiger partial charge is 0.217 e. The number of rotatable bonds is 5. The van der Waals surface area contributed by atoms with E-state index in [4.69, 9.17) is 14.9 Å². The third kappa shape index (κ3) is 2.51. The lowest BCUT2D eigenvalue weighted by Crippen LogP contribution is -2.59. The molecule has 4 atom stereocenters. The van der Waals surface area contributed by atoms with Crippen molar-refractivity contribution in [2.45, 2.75) is 64.8 Å². The molecule has 3 rings (SSSR count). The molecule has 1 aromatic rings. The van der Waals surface area contributed by atoms with Crippen molar-refractivity contribution in [3.8, 4) is 18.2 Å². The van der Waals surface area contributed by atoms with Gasteiger partial charge >= 0.3 is 0 Å². The molecule has 0 amide bonds. The minimum Gasteiger partial charge on any atom is -0.447 e. The summed E-state index contributed by atoms with van der Waals surface area (Å²) >= 11 is 0. The SMILES string of the molecule is CCCC12OC(=N)C(C#N)(C1CC)C(C#N)(C#N)C(c1ccc(C(C)C)cc1)O2. The Morgan fingerprint density at radius 2 is 1.69 bits per heavy atom. The van der Waals surface area contributed by atoms with Gasteiger partial charge in [0.05, 0.1) is 24.1 Å². The number of hydrogen-bond acceptors (Lipinski definition) is 6. The number of ether oxygens (including phenoxy) is 2. The fourth-order valence-corrected chi connectivity index (χ4v) is 5.03. The van der Waals surface area contributed by atoms with E-state index in [1.807, 2.05) is 38.1 Å². The first kappa shape index (κ1) is 20.8. The molecule has 0 aromatic heterocycles. The molecule has 0 spiro atoms. The highest BCUT2D eigenvalue weighted by atomic mass is 16.7.